The van der Waals surface area contributed by atoms with Crippen LogP contribution in [0.25, 0.3) is 0 Å². The van der Waals surface area contributed by atoms with E-state index in [-0.39, 0.29) is 17.7 Å². The normalized spacial score (nSPS) is 15.6. The first kappa shape index (κ1) is 18.3. The number of para-hydroxylation sites is 2. The molecule has 0 unspecified atom stereocenters. The minimum Gasteiger partial charge on any atom is -0.366 e. The van der Waals surface area contributed by atoms with Crippen molar-refractivity contribution in [3.8, 4) is 0 Å². The van der Waals surface area contributed by atoms with Gasteiger partial charge in [-0.3, -0.25) is 9.59 Å². The molecule has 1 aliphatic rings. The molecule has 5 heteroatoms. The van der Waals surface area contributed by atoms with Crippen LogP contribution >= 0.6 is 0 Å². The molecule has 0 bridgehead atoms. The quantitative estimate of drug-likeness (QED) is 0.926. The molecule has 5 nitrogen and oxygen atoms in total. The Morgan fingerprint density at radius 3 is 2.17 bits per heavy atom. The second-order valence-corrected chi connectivity index (χ2v) is 7.69. The summed E-state index contributed by atoms with van der Waals surface area (Å²) in [6.45, 7) is 12.6. The number of nitrogens with zero attached hydrogens (tertiary/aromatic N) is 2. The third-order valence-electron chi connectivity index (χ3n) is 4.26. The Bertz CT molecular complexity index is 597. The molecule has 1 N–H and O–H groups in total. The highest BCUT2D eigenvalue weighted by molar-refractivity contribution is 5.97. The lowest BCUT2D eigenvalue weighted by molar-refractivity contribution is -0.134. The van der Waals surface area contributed by atoms with Gasteiger partial charge < -0.3 is 15.1 Å². The summed E-state index contributed by atoms with van der Waals surface area (Å²) >= 11 is 0. The fraction of sp³-hybridized carbons (Fsp3) is 0.579. The lowest BCUT2D eigenvalue weighted by Gasteiger charge is -2.37. The van der Waals surface area contributed by atoms with Gasteiger partial charge in [-0.15, -0.1) is 0 Å². The van der Waals surface area contributed by atoms with Gasteiger partial charge in [0.2, 0.25) is 11.8 Å². The zero-order chi connectivity index (χ0) is 17.9. The average molecular weight is 331 g/mol. The van der Waals surface area contributed by atoms with Crippen LogP contribution in [0.15, 0.2) is 24.3 Å². The standard InChI is InChI=1S/C19H29N3O2/c1-14(2)17(23)22-12-10-21(11-13-22)16-9-7-6-8-15(16)20-18(24)19(3,4)5/h6-9,14H,10-13H2,1-5H3,(H,20,24). The van der Waals surface area contributed by atoms with Gasteiger partial charge in [0, 0.05) is 37.5 Å². The highest BCUT2D eigenvalue weighted by Crippen LogP contribution is 2.28. The summed E-state index contributed by atoms with van der Waals surface area (Å²) in [5.41, 5.74) is 1.42. The summed E-state index contributed by atoms with van der Waals surface area (Å²) < 4.78 is 0. The molecule has 1 fully saturated rings. The predicted molar refractivity (Wildman–Crippen MR) is 98.2 cm³/mol. The van der Waals surface area contributed by atoms with Crippen LogP contribution in [0.4, 0.5) is 11.4 Å². The smallest absolute Gasteiger partial charge is 0.229 e. The molecule has 1 aliphatic heterocycles. The van der Waals surface area contributed by atoms with Crippen LogP contribution < -0.4 is 10.2 Å². The average Bonchev–Trinajstić information content (AvgIpc) is 2.54. The van der Waals surface area contributed by atoms with Crippen LogP contribution in [0.3, 0.4) is 0 Å². The minimum atomic E-state index is -0.435. The van der Waals surface area contributed by atoms with Crippen LogP contribution in [-0.4, -0.2) is 42.9 Å². The largest absolute Gasteiger partial charge is 0.366 e. The maximum Gasteiger partial charge on any atom is 0.229 e. The molecule has 0 aromatic heterocycles. The minimum absolute atomic E-state index is 0.00331. The monoisotopic (exact) mass is 331 g/mol. The van der Waals surface area contributed by atoms with Gasteiger partial charge in [0.1, 0.15) is 0 Å². The van der Waals surface area contributed by atoms with Gasteiger partial charge >= 0.3 is 0 Å². The van der Waals surface area contributed by atoms with E-state index in [1.165, 1.54) is 0 Å². The Kier molecular flexibility index (Phi) is 5.52. The van der Waals surface area contributed by atoms with Gasteiger partial charge in [0.05, 0.1) is 11.4 Å². The molecule has 132 valence electrons. The lowest BCUT2D eigenvalue weighted by Crippen LogP contribution is -2.50. The van der Waals surface area contributed by atoms with E-state index >= 15 is 0 Å². The molecule has 2 rings (SSSR count). The second kappa shape index (κ2) is 7.24. The van der Waals surface area contributed by atoms with Crippen LogP contribution in [-0.2, 0) is 9.59 Å². The molecule has 0 saturated carbocycles. The first-order chi connectivity index (χ1) is 11.2. The number of piperazine rings is 1. The van der Waals surface area contributed by atoms with Crippen LogP contribution in [0.5, 0.6) is 0 Å². The molecule has 0 atom stereocenters. The van der Waals surface area contributed by atoms with E-state index in [1.54, 1.807) is 0 Å². The Labute approximate surface area is 145 Å². The van der Waals surface area contributed by atoms with E-state index in [9.17, 15) is 9.59 Å². The van der Waals surface area contributed by atoms with E-state index in [4.69, 9.17) is 0 Å². The molecule has 1 heterocycles. The van der Waals surface area contributed by atoms with Gasteiger partial charge in [-0.25, -0.2) is 0 Å². The van der Waals surface area contributed by atoms with Gasteiger partial charge in [-0.1, -0.05) is 46.8 Å². The van der Waals surface area contributed by atoms with Gasteiger partial charge in [0.15, 0.2) is 0 Å². The summed E-state index contributed by atoms with van der Waals surface area (Å²) in [6.07, 6.45) is 0. The molecule has 1 saturated heterocycles. The van der Waals surface area contributed by atoms with Crippen molar-refractivity contribution in [2.24, 2.45) is 11.3 Å². The van der Waals surface area contributed by atoms with Crippen molar-refractivity contribution in [2.75, 3.05) is 36.4 Å². The number of hydrogen-bond acceptors (Lipinski definition) is 3. The Morgan fingerprint density at radius 2 is 1.62 bits per heavy atom. The van der Waals surface area contributed by atoms with Gasteiger partial charge in [-0.2, -0.15) is 0 Å². The van der Waals surface area contributed by atoms with E-state index in [2.05, 4.69) is 10.2 Å². The second-order valence-electron chi connectivity index (χ2n) is 7.69. The molecule has 2 amide bonds. The zero-order valence-corrected chi connectivity index (χ0v) is 15.4. The van der Waals surface area contributed by atoms with Crippen molar-refractivity contribution < 1.29 is 9.59 Å². The predicted octanol–water partition coefficient (Wildman–Crippen LogP) is 2.98. The molecule has 24 heavy (non-hydrogen) atoms. The van der Waals surface area contributed by atoms with Crippen molar-refractivity contribution in [3.05, 3.63) is 24.3 Å². The number of amides is 2. The van der Waals surface area contributed by atoms with Crippen molar-refractivity contribution in [1.82, 2.24) is 4.90 Å². The van der Waals surface area contributed by atoms with Crippen molar-refractivity contribution >= 4 is 23.2 Å². The van der Waals surface area contributed by atoms with Gasteiger partial charge in [-0.05, 0) is 12.1 Å². The number of carbonyl (C=O) groups excluding carboxylic acids is 2. The number of anilines is 2. The van der Waals surface area contributed by atoms with E-state index < -0.39 is 5.41 Å². The number of benzene rings is 1. The summed E-state index contributed by atoms with van der Waals surface area (Å²) in [5, 5.41) is 3.04. The summed E-state index contributed by atoms with van der Waals surface area (Å²) in [5.74, 6) is 0.252. The van der Waals surface area contributed by atoms with Crippen molar-refractivity contribution in [1.29, 1.82) is 0 Å². The number of hydrogen-bond donors (Lipinski definition) is 1. The highest BCUT2D eigenvalue weighted by atomic mass is 16.2. The van der Waals surface area contributed by atoms with Crippen molar-refractivity contribution in [3.63, 3.8) is 0 Å². The number of rotatable bonds is 3. The Balaban J connectivity index is 2.09. The third-order valence-corrected chi connectivity index (χ3v) is 4.26. The topological polar surface area (TPSA) is 52.7 Å². The number of carbonyl (C=O) groups is 2. The highest BCUT2D eigenvalue weighted by Gasteiger charge is 2.26. The molecule has 0 aliphatic carbocycles. The molecular formula is C19H29N3O2. The molecular weight excluding hydrogens is 302 g/mol. The summed E-state index contributed by atoms with van der Waals surface area (Å²) in [7, 11) is 0. The first-order valence-electron chi connectivity index (χ1n) is 8.64. The van der Waals surface area contributed by atoms with E-state index in [1.807, 2.05) is 63.8 Å². The van der Waals surface area contributed by atoms with Gasteiger partial charge in [0.25, 0.3) is 0 Å². The summed E-state index contributed by atoms with van der Waals surface area (Å²) in [4.78, 5) is 28.6. The van der Waals surface area contributed by atoms with E-state index in [0.29, 0.717) is 0 Å². The molecule has 0 radical (unpaired) electrons. The Hall–Kier alpha value is -2.04. The van der Waals surface area contributed by atoms with Crippen LogP contribution in [0, 0.1) is 11.3 Å². The lowest BCUT2D eigenvalue weighted by atomic mass is 9.95. The first-order valence-corrected chi connectivity index (χ1v) is 8.64. The maximum atomic E-state index is 12.3. The van der Waals surface area contributed by atoms with Crippen LogP contribution in [0.1, 0.15) is 34.6 Å². The fourth-order valence-corrected chi connectivity index (χ4v) is 2.70. The van der Waals surface area contributed by atoms with E-state index in [0.717, 1.165) is 37.6 Å². The maximum absolute atomic E-state index is 12.3. The summed E-state index contributed by atoms with van der Waals surface area (Å²) in [6, 6.07) is 7.87. The zero-order valence-electron chi connectivity index (χ0n) is 15.4. The number of nitrogens with one attached hydrogen (secondary N) is 1. The van der Waals surface area contributed by atoms with Crippen molar-refractivity contribution in [2.45, 2.75) is 34.6 Å². The molecule has 1 aromatic carbocycles. The molecule has 1 aromatic rings. The Morgan fingerprint density at radius 1 is 1.04 bits per heavy atom. The SMILES string of the molecule is CC(C)C(=O)N1CCN(c2ccccc2NC(=O)C(C)(C)C)CC1. The molecule has 0 spiro atoms. The third kappa shape index (κ3) is 4.28. The van der Waals surface area contributed by atoms with Crippen LogP contribution in [0.2, 0.25) is 0 Å². The fourth-order valence-electron chi connectivity index (χ4n) is 2.70.